The first kappa shape index (κ1) is 22.1. The Morgan fingerprint density at radius 1 is 1.06 bits per heavy atom. The van der Waals surface area contributed by atoms with Crippen LogP contribution >= 0.6 is 22.9 Å². The number of benzene rings is 1. The molecule has 1 aliphatic heterocycles. The standard InChI is InChI=1S/C22H24ClN3O3S2/c1-16-14-19(17(2)26(16)15-18-6-5-13-30-18)22(27)24-9-11-25(12-10-24)31(28,29)21-8-4-3-7-20(21)23/h3-8,13-14H,9-12,15H2,1-2H3. The van der Waals surface area contributed by atoms with Crippen LogP contribution < -0.4 is 0 Å². The van der Waals surface area contributed by atoms with Crippen molar-refractivity contribution in [3.63, 3.8) is 0 Å². The van der Waals surface area contributed by atoms with Crippen molar-refractivity contribution in [1.82, 2.24) is 13.8 Å². The second kappa shape index (κ2) is 8.78. The number of nitrogens with zero attached hydrogens (tertiary/aromatic N) is 3. The van der Waals surface area contributed by atoms with Crippen LogP contribution in [-0.4, -0.2) is 54.3 Å². The van der Waals surface area contributed by atoms with Crippen LogP contribution in [0.4, 0.5) is 0 Å². The van der Waals surface area contributed by atoms with E-state index in [1.165, 1.54) is 15.2 Å². The van der Waals surface area contributed by atoms with Gasteiger partial charge in [0, 0.05) is 42.4 Å². The zero-order valence-electron chi connectivity index (χ0n) is 17.4. The van der Waals surface area contributed by atoms with Gasteiger partial charge >= 0.3 is 0 Å². The molecule has 1 fully saturated rings. The van der Waals surface area contributed by atoms with Crippen molar-refractivity contribution in [1.29, 1.82) is 0 Å². The van der Waals surface area contributed by atoms with Crippen LogP contribution in [0.1, 0.15) is 26.6 Å². The molecule has 0 N–H and O–H groups in total. The number of hydrogen-bond donors (Lipinski definition) is 0. The lowest BCUT2D eigenvalue weighted by Crippen LogP contribution is -2.50. The zero-order chi connectivity index (χ0) is 22.2. The fraction of sp³-hybridized carbons (Fsp3) is 0.318. The zero-order valence-corrected chi connectivity index (χ0v) is 19.8. The molecule has 0 bridgehead atoms. The molecule has 0 unspecified atom stereocenters. The molecule has 6 nitrogen and oxygen atoms in total. The third-order valence-electron chi connectivity index (χ3n) is 5.68. The highest BCUT2D eigenvalue weighted by Crippen LogP contribution is 2.26. The predicted molar refractivity (Wildman–Crippen MR) is 123 cm³/mol. The lowest BCUT2D eigenvalue weighted by atomic mass is 10.2. The molecule has 4 rings (SSSR count). The smallest absolute Gasteiger partial charge is 0.255 e. The van der Waals surface area contributed by atoms with E-state index in [9.17, 15) is 13.2 Å². The van der Waals surface area contributed by atoms with Crippen LogP contribution in [-0.2, 0) is 16.6 Å². The van der Waals surface area contributed by atoms with Gasteiger partial charge in [0.2, 0.25) is 10.0 Å². The Labute approximate surface area is 191 Å². The van der Waals surface area contributed by atoms with Crippen molar-refractivity contribution in [2.45, 2.75) is 25.3 Å². The summed E-state index contributed by atoms with van der Waals surface area (Å²) in [5, 5.41) is 2.25. The number of rotatable bonds is 5. The van der Waals surface area contributed by atoms with Crippen LogP contribution in [0.2, 0.25) is 5.02 Å². The van der Waals surface area contributed by atoms with Crippen molar-refractivity contribution < 1.29 is 13.2 Å². The van der Waals surface area contributed by atoms with Crippen LogP contribution in [0.5, 0.6) is 0 Å². The Bertz CT molecular complexity index is 1190. The average molecular weight is 478 g/mol. The van der Waals surface area contributed by atoms with Gasteiger partial charge in [-0.2, -0.15) is 4.31 Å². The number of halogens is 1. The van der Waals surface area contributed by atoms with Crippen LogP contribution in [0.3, 0.4) is 0 Å². The fourth-order valence-corrected chi connectivity index (χ4v) is 6.52. The van der Waals surface area contributed by atoms with Crippen LogP contribution in [0.25, 0.3) is 0 Å². The van der Waals surface area contributed by atoms with Gasteiger partial charge in [0.15, 0.2) is 0 Å². The number of hydrogen-bond acceptors (Lipinski definition) is 4. The Balaban J connectivity index is 1.47. The Kier molecular flexibility index (Phi) is 6.25. The molecule has 2 aromatic heterocycles. The highest BCUT2D eigenvalue weighted by molar-refractivity contribution is 7.89. The van der Waals surface area contributed by atoms with E-state index in [-0.39, 0.29) is 28.9 Å². The lowest BCUT2D eigenvalue weighted by molar-refractivity contribution is 0.0697. The van der Waals surface area contributed by atoms with Crippen molar-refractivity contribution in [2.24, 2.45) is 0 Å². The highest BCUT2D eigenvalue weighted by Gasteiger charge is 2.32. The Morgan fingerprint density at radius 2 is 1.77 bits per heavy atom. The molecule has 0 aliphatic carbocycles. The highest BCUT2D eigenvalue weighted by atomic mass is 35.5. The number of sulfonamides is 1. The summed E-state index contributed by atoms with van der Waals surface area (Å²) in [5.74, 6) is -0.0553. The molecule has 0 saturated carbocycles. The average Bonchev–Trinajstić information content (AvgIpc) is 3.37. The van der Waals surface area contributed by atoms with Crippen LogP contribution in [0.15, 0.2) is 52.7 Å². The van der Waals surface area contributed by atoms with Crippen LogP contribution in [0, 0.1) is 13.8 Å². The van der Waals surface area contributed by atoms with Gasteiger partial charge in [0.25, 0.3) is 5.91 Å². The fourth-order valence-electron chi connectivity index (χ4n) is 3.91. The molecular weight excluding hydrogens is 454 g/mol. The van der Waals surface area contributed by atoms with E-state index in [1.54, 1.807) is 34.4 Å². The largest absolute Gasteiger partial charge is 0.343 e. The minimum Gasteiger partial charge on any atom is -0.343 e. The maximum absolute atomic E-state index is 13.2. The molecule has 0 radical (unpaired) electrons. The molecule has 1 saturated heterocycles. The molecule has 164 valence electrons. The van der Waals surface area contributed by atoms with Gasteiger partial charge in [0.1, 0.15) is 4.90 Å². The molecule has 0 spiro atoms. The first-order valence-corrected chi connectivity index (χ1v) is 12.7. The Hall–Kier alpha value is -2.13. The van der Waals surface area contributed by atoms with E-state index in [1.807, 2.05) is 31.4 Å². The summed E-state index contributed by atoms with van der Waals surface area (Å²) in [6.45, 7) is 5.89. The van der Waals surface area contributed by atoms with Gasteiger partial charge in [-0.1, -0.05) is 29.8 Å². The molecule has 1 aliphatic rings. The first-order valence-electron chi connectivity index (χ1n) is 10.0. The summed E-state index contributed by atoms with van der Waals surface area (Å²) in [4.78, 5) is 16.3. The minimum atomic E-state index is -3.69. The summed E-state index contributed by atoms with van der Waals surface area (Å²) in [7, 11) is -3.69. The number of piperazine rings is 1. The topological polar surface area (TPSA) is 62.6 Å². The third-order valence-corrected chi connectivity index (χ3v) is 8.94. The van der Waals surface area contributed by atoms with Gasteiger partial charge in [-0.05, 0) is 43.5 Å². The predicted octanol–water partition coefficient (Wildman–Crippen LogP) is 4.01. The minimum absolute atomic E-state index is 0.0553. The number of aryl methyl sites for hydroxylation is 1. The van der Waals surface area contributed by atoms with E-state index in [4.69, 9.17) is 11.6 Å². The maximum atomic E-state index is 13.2. The van der Waals surface area contributed by atoms with Gasteiger partial charge in [-0.25, -0.2) is 8.42 Å². The van der Waals surface area contributed by atoms with Gasteiger partial charge in [0.05, 0.1) is 17.1 Å². The quantitative estimate of drug-likeness (QED) is 0.557. The van der Waals surface area contributed by atoms with E-state index in [2.05, 4.69) is 10.6 Å². The van der Waals surface area contributed by atoms with Crippen molar-refractivity contribution in [3.8, 4) is 0 Å². The summed E-state index contributed by atoms with van der Waals surface area (Å²) in [5.41, 5.74) is 2.65. The van der Waals surface area contributed by atoms with E-state index in [0.717, 1.165) is 17.9 Å². The summed E-state index contributed by atoms with van der Waals surface area (Å²) >= 11 is 7.79. The molecule has 0 atom stereocenters. The molecule has 9 heteroatoms. The molecule has 3 aromatic rings. The monoisotopic (exact) mass is 477 g/mol. The SMILES string of the molecule is Cc1cc(C(=O)N2CCN(S(=O)(=O)c3ccccc3Cl)CC2)c(C)n1Cc1cccs1. The third kappa shape index (κ3) is 4.30. The Morgan fingerprint density at radius 3 is 2.42 bits per heavy atom. The van der Waals surface area contributed by atoms with Crippen molar-refractivity contribution >= 4 is 38.9 Å². The summed E-state index contributed by atoms with van der Waals surface area (Å²) in [6, 6.07) is 12.5. The van der Waals surface area contributed by atoms with E-state index in [0.29, 0.717) is 18.7 Å². The number of carbonyl (C=O) groups excluding carboxylic acids is 1. The lowest BCUT2D eigenvalue weighted by Gasteiger charge is -2.34. The number of thiophene rings is 1. The van der Waals surface area contributed by atoms with Crippen molar-refractivity contribution in [3.05, 3.63) is 74.7 Å². The number of aromatic nitrogens is 1. The number of amides is 1. The summed E-state index contributed by atoms with van der Waals surface area (Å²) in [6.07, 6.45) is 0. The molecule has 3 heterocycles. The maximum Gasteiger partial charge on any atom is 0.255 e. The van der Waals surface area contributed by atoms with Gasteiger partial charge in [-0.15, -0.1) is 11.3 Å². The molecule has 1 amide bonds. The van der Waals surface area contributed by atoms with E-state index < -0.39 is 10.0 Å². The van der Waals surface area contributed by atoms with E-state index >= 15 is 0 Å². The molecule has 31 heavy (non-hydrogen) atoms. The molecule has 1 aromatic carbocycles. The molecular formula is C22H24ClN3O3S2. The van der Waals surface area contributed by atoms with Gasteiger partial charge < -0.3 is 9.47 Å². The van der Waals surface area contributed by atoms with Crippen molar-refractivity contribution in [2.75, 3.05) is 26.2 Å². The second-order valence-corrected chi connectivity index (χ2v) is 10.9. The first-order chi connectivity index (χ1) is 14.8. The van der Waals surface area contributed by atoms with Gasteiger partial charge in [-0.3, -0.25) is 4.79 Å². The number of carbonyl (C=O) groups is 1. The normalized spacial score (nSPS) is 15.4. The second-order valence-electron chi connectivity index (χ2n) is 7.58. The summed E-state index contributed by atoms with van der Waals surface area (Å²) < 4.78 is 29.4.